The van der Waals surface area contributed by atoms with E-state index in [4.69, 9.17) is 11.6 Å². The highest BCUT2D eigenvalue weighted by Gasteiger charge is 2.09. The van der Waals surface area contributed by atoms with Gasteiger partial charge in [-0.2, -0.15) is 0 Å². The van der Waals surface area contributed by atoms with Crippen molar-refractivity contribution in [2.24, 2.45) is 0 Å². The summed E-state index contributed by atoms with van der Waals surface area (Å²) in [5.41, 5.74) is 5.11. The third-order valence-corrected chi connectivity index (χ3v) is 3.55. The molecule has 0 saturated carbocycles. The second-order valence-corrected chi connectivity index (χ2v) is 5.47. The van der Waals surface area contributed by atoms with Gasteiger partial charge in [-0.3, -0.25) is 4.79 Å². The predicted octanol–water partition coefficient (Wildman–Crippen LogP) is 4.69. The van der Waals surface area contributed by atoms with Crippen LogP contribution < -0.4 is 0 Å². The van der Waals surface area contributed by atoms with Crippen LogP contribution in [-0.4, -0.2) is 5.78 Å². The van der Waals surface area contributed by atoms with Gasteiger partial charge in [-0.15, -0.1) is 0 Å². The Kier molecular flexibility index (Phi) is 4.06. The fourth-order valence-corrected chi connectivity index (χ4v) is 2.39. The lowest BCUT2D eigenvalue weighted by Crippen LogP contribution is -2.04. The first kappa shape index (κ1) is 13.8. The molecule has 0 radical (unpaired) electrons. The highest BCUT2D eigenvalue weighted by Crippen LogP contribution is 2.18. The number of rotatable bonds is 3. The van der Waals surface area contributed by atoms with Crippen molar-refractivity contribution in [2.45, 2.75) is 27.2 Å². The van der Waals surface area contributed by atoms with Crippen molar-refractivity contribution in [1.82, 2.24) is 0 Å². The molecule has 0 unspecified atom stereocenters. The molecule has 0 spiro atoms. The van der Waals surface area contributed by atoms with Crippen molar-refractivity contribution in [3.63, 3.8) is 0 Å². The highest BCUT2D eigenvalue weighted by atomic mass is 35.5. The van der Waals surface area contributed by atoms with Crippen LogP contribution in [0.25, 0.3) is 0 Å². The van der Waals surface area contributed by atoms with E-state index in [-0.39, 0.29) is 5.78 Å². The molecule has 2 heteroatoms. The smallest absolute Gasteiger partial charge is 0.167 e. The van der Waals surface area contributed by atoms with Crippen molar-refractivity contribution < 1.29 is 4.79 Å². The second-order valence-electron chi connectivity index (χ2n) is 5.06. The number of aryl methyl sites for hydroxylation is 3. The number of benzene rings is 2. The van der Waals surface area contributed by atoms with Crippen LogP contribution in [0.2, 0.25) is 5.02 Å². The van der Waals surface area contributed by atoms with E-state index >= 15 is 0 Å². The van der Waals surface area contributed by atoms with Crippen LogP contribution in [0, 0.1) is 20.8 Å². The average molecular weight is 273 g/mol. The van der Waals surface area contributed by atoms with Gasteiger partial charge in [0.05, 0.1) is 0 Å². The molecular formula is C17H17ClO. The van der Waals surface area contributed by atoms with E-state index < -0.39 is 0 Å². The molecule has 0 atom stereocenters. The molecule has 0 fully saturated rings. The van der Waals surface area contributed by atoms with Gasteiger partial charge >= 0.3 is 0 Å². The fourth-order valence-electron chi connectivity index (χ4n) is 2.28. The van der Waals surface area contributed by atoms with Crippen LogP contribution in [-0.2, 0) is 6.42 Å². The molecule has 0 aliphatic heterocycles. The molecule has 98 valence electrons. The Bertz CT molecular complexity index is 609. The van der Waals surface area contributed by atoms with Gasteiger partial charge < -0.3 is 0 Å². The minimum Gasteiger partial charge on any atom is -0.294 e. The first-order valence-electron chi connectivity index (χ1n) is 6.32. The summed E-state index contributed by atoms with van der Waals surface area (Å²) < 4.78 is 0. The molecule has 19 heavy (non-hydrogen) atoms. The van der Waals surface area contributed by atoms with Gasteiger partial charge in [-0.25, -0.2) is 0 Å². The van der Waals surface area contributed by atoms with Crippen molar-refractivity contribution in [3.05, 3.63) is 69.2 Å². The Morgan fingerprint density at radius 3 is 2.21 bits per heavy atom. The summed E-state index contributed by atoms with van der Waals surface area (Å²) in [6, 6.07) is 11.7. The molecule has 0 aliphatic rings. The minimum absolute atomic E-state index is 0.129. The Morgan fingerprint density at radius 2 is 1.63 bits per heavy atom. The summed E-state index contributed by atoms with van der Waals surface area (Å²) >= 11 is 5.98. The number of Topliss-reactive ketones (excluding diaryl/α,β-unsaturated/α-hetero) is 1. The molecule has 1 nitrogen and oxygen atoms in total. The van der Waals surface area contributed by atoms with E-state index in [1.165, 1.54) is 11.1 Å². The molecule has 2 aromatic rings. The normalized spacial score (nSPS) is 10.5. The first-order valence-corrected chi connectivity index (χ1v) is 6.70. The van der Waals surface area contributed by atoms with Gasteiger partial charge in [-0.1, -0.05) is 40.9 Å². The van der Waals surface area contributed by atoms with Gasteiger partial charge in [0.25, 0.3) is 0 Å². The van der Waals surface area contributed by atoms with Crippen molar-refractivity contribution >= 4 is 17.4 Å². The van der Waals surface area contributed by atoms with Crippen molar-refractivity contribution in [1.29, 1.82) is 0 Å². The molecule has 0 aromatic heterocycles. The van der Waals surface area contributed by atoms with Crippen LogP contribution >= 0.6 is 11.6 Å². The number of hydrogen-bond acceptors (Lipinski definition) is 1. The summed E-state index contributed by atoms with van der Waals surface area (Å²) in [5.74, 6) is 0.129. The molecule has 2 rings (SSSR count). The molecule has 0 saturated heterocycles. The Balaban J connectivity index is 2.22. The molecule has 0 heterocycles. The number of ketones is 1. The van der Waals surface area contributed by atoms with Crippen LogP contribution in [0.1, 0.15) is 32.6 Å². The third kappa shape index (κ3) is 3.45. The summed E-state index contributed by atoms with van der Waals surface area (Å²) in [5, 5.41) is 0.697. The largest absolute Gasteiger partial charge is 0.294 e. The quantitative estimate of drug-likeness (QED) is 0.741. The van der Waals surface area contributed by atoms with E-state index in [9.17, 15) is 4.79 Å². The summed E-state index contributed by atoms with van der Waals surface area (Å²) in [4.78, 5) is 12.3. The fraction of sp³-hybridized carbons (Fsp3) is 0.235. The monoisotopic (exact) mass is 272 g/mol. The molecule has 0 N–H and O–H groups in total. The lowest BCUT2D eigenvalue weighted by atomic mass is 9.99. The SMILES string of the molecule is Cc1cc(C)cc(CC(=O)c2ccc(Cl)c(C)c2)c1. The van der Waals surface area contributed by atoms with E-state index in [0.29, 0.717) is 11.4 Å². The lowest BCUT2D eigenvalue weighted by Gasteiger charge is -2.06. The Labute approximate surface area is 119 Å². The molecule has 2 aromatic carbocycles. The van der Waals surface area contributed by atoms with Gasteiger partial charge in [0.2, 0.25) is 0 Å². The molecule has 0 bridgehead atoms. The van der Waals surface area contributed by atoms with Gasteiger partial charge in [0, 0.05) is 17.0 Å². The van der Waals surface area contributed by atoms with Gasteiger partial charge in [0.15, 0.2) is 5.78 Å². The first-order chi connectivity index (χ1) is 8.95. The maximum Gasteiger partial charge on any atom is 0.167 e. The topological polar surface area (TPSA) is 17.1 Å². The Hall–Kier alpha value is -1.60. The Morgan fingerprint density at radius 1 is 1.00 bits per heavy atom. The van der Waals surface area contributed by atoms with Crippen LogP contribution in [0.4, 0.5) is 0 Å². The second kappa shape index (κ2) is 5.58. The van der Waals surface area contributed by atoms with E-state index in [1.807, 2.05) is 26.8 Å². The van der Waals surface area contributed by atoms with Crippen LogP contribution in [0.5, 0.6) is 0 Å². The van der Waals surface area contributed by atoms with Gasteiger partial charge in [0.1, 0.15) is 0 Å². The minimum atomic E-state index is 0.129. The zero-order chi connectivity index (χ0) is 14.0. The zero-order valence-electron chi connectivity index (χ0n) is 11.5. The van der Waals surface area contributed by atoms with E-state index in [1.54, 1.807) is 12.1 Å². The predicted molar refractivity (Wildman–Crippen MR) is 80.1 cm³/mol. The standard InChI is InChI=1S/C17H17ClO/c1-11-6-12(2)8-14(7-11)10-17(19)15-4-5-16(18)13(3)9-15/h4-9H,10H2,1-3H3. The number of halogens is 1. The lowest BCUT2D eigenvalue weighted by molar-refractivity contribution is 0.0993. The van der Waals surface area contributed by atoms with Crippen molar-refractivity contribution in [3.8, 4) is 0 Å². The maximum absolute atomic E-state index is 12.3. The van der Waals surface area contributed by atoms with E-state index in [0.717, 1.165) is 16.7 Å². The van der Waals surface area contributed by atoms with Gasteiger partial charge in [-0.05, 0) is 50.1 Å². The third-order valence-electron chi connectivity index (χ3n) is 3.13. The molecule has 0 aliphatic carbocycles. The number of carbonyl (C=O) groups excluding carboxylic acids is 1. The average Bonchev–Trinajstić information content (AvgIpc) is 2.31. The number of hydrogen-bond donors (Lipinski definition) is 0. The maximum atomic E-state index is 12.3. The number of carbonyl (C=O) groups is 1. The molecule has 0 amide bonds. The molecular weight excluding hydrogens is 256 g/mol. The summed E-state index contributed by atoms with van der Waals surface area (Å²) in [6.07, 6.45) is 0.434. The van der Waals surface area contributed by atoms with Crippen molar-refractivity contribution in [2.75, 3.05) is 0 Å². The van der Waals surface area contributed by atoms with Crippen LogP contribution in [0.3, 0.4) is 0 Å². The summed E-state index contributed by atoms with van der Waals surface area (Å²) in [7, 11) is 0. The van der Waals surface area contributed by atoms with Crippen LogP contribution in [0.15, 0.2) is 36.4 Å². The summed E-state index contributed by atoms with van der Waals surface area (Å²) in [6.45, 7) is 6.01. The zero-order valence-corrected chi connectivity index (χ0v) is 12.2. The highest BCUT2D eigenvalue weighted by molar-refractivity contribution is 6.31. The van der Waals surface area contributed by atoms with E-state index in [2.05, 4.69) is 18.2 Å².